The SMILES string of the molecule is CCCOCCOCCN.C[NH+]=C(N)NCCOCCOCCN.NC(=[NH2+])CCCOCCOCC[NH+]=C(N)N.NC1=[NH+]CCCCCCOCCOCCN1.NCCOCCOCC[NH+]=C(N)N.[Cl-].[Cl-].[Cl-].[Cl-].[Cl-]. The number of hydrogen-bond acceptors (Lipinski definition) is 15. The summed E-state index contributed by atoms with van der Waals surface area (Å²) in [5.41, 5.74) is 52.9. The van der Waals surface area contributed by atoms with E-state index in [2.05, 4.69) is 37.5 Å². The number of rotatable bonds is 33. The molecule has 0 aromatic carbocycles. The van der Waals surface area contributed by atoms with E-state index in [1.54, 1.807) is 7.05 Å². The van der Waals surface area contributed by atoms with E-state index in [1.807, 2.05) is 0 Å². The summed E-state index contributed by atoms with van der Waals surface area (Å²) in [6.07, 6.45) is 7.32. The van der Waals surface area contributed by atoms with Gasteiger partial charge in [-0.1, -0.05) is 19.8 Å². The van der Waals surface area contributed by atoms with Gasteiger partial charge in [-0.2, -0.15) is 0 Å². The van der Waals surface area contributed by atoms with Gasteiger partial charge in [-0.25, -0.2) is 0 Å². The van der Waals surface area contributed by atoms with Crippen LogP contribution in [0.15, 0.2) is 0 Å². The van der Waals surface area contributed by atoms with Crippen molar-refractivity contribution in [1.29, 1.82) is 0 Å². The average molecular weight is 1180 g/mol. The van der Waals surface area contributed by atoms with Crippen LogP contribution in [0.2, 0.25) is 0 Å². The quantitative estimate of drug-likeness (QED) is 0.0165. The zero-order valence-corrected chi connectivity index (χ0v) is 48.4. The largest absolute Gasteiger partial charge is 1.00 e. The minimum absolute atomic E-state index is 0. The van der Waals surface area contributed by atoms with Gasteiger partial charge in [-0.15, -0.1) is 0 Å². The third kappa shape index (κ3) is 102. The molecule has 1 rings (SSSR count). The Bertz CT molecular complexity index is 1160. The molecule has 1 aliphatic heterocycles. The first-order valence-electron chi connectivity index (χ1n) is 24.1. The molecule has 27 nitrogen and oxygen atoms in total. The molecule has 0 spiro atoms. The molecular weight excluding hydrogens is 1080 g/mol. The lowest BCUT2D eigenvalue weighted by atomic mass is 10.2. The third-order valence-electron chi connectivity index (χ3n) is 7.82. The fourth-order valence-corrected chi connectivity index (χ4v) is 4.49. The maximum absolute atomic E-state index is 5.73. The van der Waals surface area contributed by atoms with Gasteiger partial charge >= 0.3 is 23.8 Å². The Labute approximate surface area is 473 Å². The third-order valence-corrected chi connectivity index (χ3v) is 7.82. The Morgan fingerprint density at radius 3 is 1.42 bits per heavy atom. The van der Waals surface area contributed by atoms with E-state index in [0.717, 1.165) is 52.0 Å². The molecule has 0 atom stereocenters. The van der Waals surface area contributed by atoms with E-state index in [0.29, 0.717) is 182 Å². The van der Waals surface area contributed by atoms with Gasteiger partial charge in [0.05, 0.1) is 159 Å². The molecule has 0 saturated heterocycles. The highest BCUT2D eigenvalue weighted by molar-refractivity contribution is 5.73. The van der Waals surface area contributed by atoms with Crippen molar-refractivity contribution >= 4 is 29.7 Å². The van der Waals surface area contributed by atoms with Gasteiger partial charge in [0.25, 0.3) is 0 Å². The first kappa shape index (κ1) is 91.0. The lowest BCUT2D eigenvalue weighted by molar-refractivity contribution is -0.463. The molecule has 0 aliphatic carbocycles. The van der Waals surface area contributed by atoms with Gasteiger partial charge in [0.15, 0.2) is 0 Å². The highest BCUT2D eigenvalue weighted by atomic mass is 35.5. The molecule has 0 unspecified atom stereocenters. The van der Waals surface area contributed by atoms with E-state index < -0.39 is 0 Å². The summed E-state index contributed by atoms with van der Waals surface area (Å²) in [5, 5.41) is 11.3. The number of nitrogens with two attached hydrogens (primary N) is 11. The molecule has 0 fully saturated rings. The highest BCUT2D eigenvalue weighted by Crippen LogP contribution is 1.98. The summed E-state index contributed by atoms with van der Waals surface area (Å²) in [5.74, 6) is 2.06. The number of guanidine groups is 4. The van der Waals surface area contributed by atoms with Crippen molar-refractivity contribution in [2.24, 2.45) is 57.3 Å². The van der Waals surface area contributed by atoms with Crippen molar-refractivity contribution in [3.63, 3.8) is 0 Å². The average Bonchev–Trinajstić information content (AvgIpc) is 3.34. The van der Waals surface area contributed by atoms with Crippen LogP contribution in [0, 0.1) is 0 Å². The minimum Gasteiger partial charge on any atom is -1.00 e. The molecule has 0 aromatic rings. The minimum atomic E-state index is 0. The summed E-state index contributed by atoms with van der Waals surface area (Å²) < 4.78 is 52.2. The van der Waals surface area contributed by atoms with Gasteiger partial charge in [0, 0.05) is 39.5 Å². The summed E-state index contributed by atoms with van der Waals surface area (Å²) in [7, 11) is 1.75. The molecule has 74 heavy (non-hydrogen) atoms. The Morgan fingerprint density at radius 1 is 0.568 bits per heavy atom. The standard InChI is InChI=1S/C11H23N3O2.C9H21N5O2.C8H20N4O2.C7H18N4O2.C7H17NO2.5ClH/c12-11-13-5-3-1-2-4-7-15-9-10-16-8-6-14-11;10-8(11)2-1-4-15-6-7-16-5-3-14-9(12)13;1-11-8(10)12-3-5-14-7-6-13-4-2-9;8-1-3-12-5-6-13-4-2-11-7(9)10;1-2-4-9-6-7-10-5-3-8;;;;;/h1-10H2,(H3,12,13,14);1-7H2,(H3,10,11)(H4,12,13,14);2-7,9H2,1H3,(H3,10,11,12);1-6,8H2,(H4,9,10,11);2-8H2,1H3;5*1H. The zero-order chi connectivity index (χ0) is 51.9. The Balaban J connectivity index is -0.000000101. The normalized spacial score (nSPS) is 12.3. The summed E-state index contributed by atoms with van der Waals surface area (Å²) >= 11 is 0. The van der Waals surface area contributed by atoms with Gasteiger partial charge in [0.1, 0.15) is 0 Å². The van der Waals surface area contributed by atoms with Crippen LogP contribution in [0.3, 0.4) is 0 Å². The maximum atomic E-state index is 5.73. The van der Waals surface area contributed by atoms with Crippen LogP contribution in [0.1, 0.15) is 51.9 Å². The number of nitrogens with one attached hydrogen (secondary N) is 6. The van der Waals surface area contributed by atoms with Crippen molar-refractivity contribution in [3.8, 4) is 0 Å². The fourth-order valence-electron chi connectivity index (χ4n) is 4.49. The van der Waals surface area contributed by atoms with E-state index in [9.17, 15) is 0 Å². The van der Waals surface area contributed by atoms with Crippen molar-refractivity contribution in [2.75, 3.05) is 192 Å². The lowest BCUT2D eigenvalue weighted by Crippen LogP contribution is -3.00. The zero-order valence-electron chi connectivity index (χ0n) is 44.6. The van der Waals surface area contributed by atoms with Crippen molar-refractivity contribution < 1.29 is 135 Å². The number of halogens is 5. The number of amidine groups is 1. The molecule has 1 heterocycles. The van der Waals surface area contributed by atoms with Crippen LogP contribution in [0.4, 0.5) is 0 Å². The topological polar surface area (TPSA) is 458 Å². The summed E-state index contributed by atoms with van der Waals surface area (Å²) in [6, 6.07) is 0. The molecule has 0 aromatic heterocycles. The molecule has 1 aliphatic rings. The van der Waals surface area contributed by atoms with E-state index in [-0.39, 0.29) is 74.0 Å². The first-order valence-corrected chi connectivity index (χ1v) is 24.1. The highest BCUT2D eigenvalue weighted by Gasteiger charge is 2.00. The molecule has 0 radical (unpaired) electrons. The van der Waals surface area contributed by atoms with Crippen molar-refractivity contribution in [2.45, 2.75) is 51.9 Å². The summed E-state index contributed by atoms with van der Waals surface area (Å²) in [6.45, 7) is 19.9. The Kier molecular flexibility index (Phi) is 104. The smallest absolute Gasteiger partial charge is 0.341 e. The molecule has 32 heteroatoms. The molecule has 0 bridgehead atoms. The maximum Gasteiger partial charge on any atom is 0.341 e. The molecule has 28 N–H and O–H groups in total. The van der Waals surface area contributed by atoms with Crippen LogP contribution in [-0.2, 0) is 47.4 Å². The monoisotopic (exact) mass is 1180 g/mol. The Morgan fingerprint density at radius 2 is 0.986 bits per heavy atom. The molecule has 452 valence electrons. The number of hydrogen-bond donors (Lipinski definition) is 17. The second kappa shape index (κ2) is 84.4. The molecule has 0 saturated carbocycles. The van der Waals surface area contributed by atoms with E-state index in [4.69, 9.17) is 110 Å². The molecule has 0 amide bonds. The van der Waals surface area contributed by atoms with Crippen LogP contribution < -0.4 is 155 Å². The van der Waals surface area contributed by atoms with Gasteiger partial charge < -0.3 is 127 Å². The second-order valence-electron chi connectivity index (χ2n) is 14.2. The fraction of sp³-hybridized carbons (Fsp3) is 0.881. The van der Waals surface area contributed by atoms with Crippen molar-refractivity contribution in [1.82, 2.24) is 10.6 Å². The van der Waals surface area contributed by atoms with Crippen LogP contribution in [0.25, 0.3) is 0 Å². The van der Waals surface area contributed by atoms with Crippen LogP contribution in [0.5, 0.6) is 0 Å². The van der Waals surface area contributed by atoms with Gasteiger partial charge in [0.2, 0.25) is 5.84 Å². The molecular formula is C42H104Cl5N17O10. The van der Waals surface area contributed by atoms with E-state index >= 15 is 0 Å². The number of ether oxygens (including phenoxy) is 10. The van der Waals surface area contributed by atoms with Crippen LogP contribution in [-0.4, -0.2) is 221 Å². The van der Waals surface area contributed by atoms with E-state index in [1.165, 1.54) is 12.8 Å². The predicted octanol–water partition coefficient (Wildman–Crippen LogP) is -27.8. The predicted molar refractivity (Wildman–Crippen MR) is 270 cm³/mol. The Hall–Kier alpha value is -2.52. The first-order chi connectivity index (χ1) is 33.5. The van der Waals surface area contributed by atoms with Gasteiger partial charge in [-0.3, -0.25) is 76.1 Å². The van der Waals surface area contributed by atoms with Crippen molar-refractivity contribution in [3.05, 3.63) is 0 Å². The van der Waals surface area contributed by atoms with Crippen LogP contribution >= 0.6 is 0 Å². The second-order valence-corrected chi connectivity index (χ2v) is 14.2. The van der Waals surface area contributed by atoms with Gasteiger partial charge in [-0.05, 0) is 25.7 Å². The lowest BCUT2D eigenvalue weighted by Gasteiger charge is -2.04. The summed E-state index contributed by atoms with van der Waals surface area (Å²) in [4.78, 5) is 11.4.